The van der Waals surface area contributed by atoms with Gasteiger partial charge in [-0.15, -0.1) is 0 Å². The van der Waals surface area contributed by atoms with Gasteiger partial charge in [-0.2, -0.15) is 0 Å². The second-order valence-corrected chi connectivity index (χ2v) is 5.53. The number of amides is 1. The van der Waals surface area contributed by atoms with Gasteiger partial charge in [-0.25, -0.2) is 4.39 Å². The zero-order valence-corrected chi connectivity index (χ0v) is 11.4. The summed E-state index contributed by atoms with van der Waals surface area (Å²) in [6.07, 6.45) is 3.49. The molecule has 1 saturated heterocycles. The molecule has 1 aromatic carbocycles. The molecule has 0 spiro atoms. The number of carbonyl (C=O) groups is 1. The van der Waals surface area contributed by atoms with Crippen LogP contribution < -0.4 is 10.2 Å². The average Bonchev–Trinajstić information content (AvgIpc) is 3.12. The first-order valence-electron chi connectivity index (χ1n) is 7.07. The second kappa shape index (κ2) is 5.31. The Balaban J connectivity index is 1.80. The first-order valence-corrected chi connectivity index (χ1v) is 7.07. The molecule has 7 heteroatoms. The zero-order valence-electron chi connectivity index (χ0n) is 11.4. The van der Waals surface area contributed by atoms with Crippen LogP contribution in [0.2, 0.25) is 0 Å². The molecule has 1 aliphatic heterocycles. The van der Waals surface area contributed by atoms with Crippen LogP contribution in [0.4, 0.5) is 15.8 Å². The van der Waals surface area contributed by atoms with Crippen molar-refractivity contribution < 1.29 is 14.1 Å². The first kappa shape index (κ1) is 13.8. The summed E-state index contributed by atoms with van der Waals surface area (Å²) in [5.74, 6) is -0.733. The summed E-state index contributed by atoms with van der Waals surface area (Å²) in [6, 6.07) is 3.44. The van der Waals surface area contributed by atoms with Crippen molar-refractivity contribution in [2.24, 2.45) is 0 Å². The minimum Gasteiger partial charge on any atom is -0.357 e. The number of nitrogens with zero attached hydrogens (tertiary/aromatic N) is 2. The third-order valence-corrected chi connectivity index (χ3v) is 3.93. The van der Waals surface area contributed by atoms with Gasteiger partial charge in [0.15, 0.2) is 5.82 Å². The van der Waals surface area contributed by atoms with E-state index in [0.29, 0.717) is 13.0 Å². The van der Waals surface area contributed by atoms with Gasteiger partial charge in [0.25, 0.3) is 5.69 Å². The third-order valence-electron chi connectivity index (χ3n) is 3.93. The smallest absolute Gasteiger partial charge is 0.272 e. The van der Waals surface area contributed by atoms with Crippen molar-refractivity contribution in [2.75, 3.05) is 11.4 Å². The van der Waals surface area contributed by atoms with Gasteiger partial charge in [0.1, 0.15) is 6.04 Å². The molecule has 1 aromatic rings. The average molecular weight is 293 g/mol. The molecule has 0 bridgehead atoms. The summed E-state index contributed by atoms with van der Waals surface area (Å²) >= 11 is 0. The zero-order chi connectivity index (χ0) is 15.0. The first-order chi connectivity index (χ1) is 10.1. The lowest BCUT2D eigenvalue weighted by atomic mass is 10.2. The summed E-state index contributed by atoms with van der Waals surface area (Å²) in [5, 5.41) is 13.6. The van der Waals surface area contributed by atoms with E-state index in [4.69, 9.17) is 0 Å². The van der Waals surface area contributed by atoms with Crippen LogP contribution in [0.25, 0.3) is 0 Å². The fourth-order valence-corrected chi connectivity index (χ4v) is 2.69. The van der Waals surface area contributed by atoms with Crippen molar-refractivity contribution in [3.63, 3.8) is 0 Å². The van der Waals surface area contributed by atoms with Crippen LogP contribution in [-0.4, -0.2) is 29.5 Å². The summed E-state index contributed by atoms with van der Waals surface area (Å²) in [5.41, 5.74) is -0.0246. The molecule has 0 aromatic heterocycles. The Labute approximate surface area is 121 Å². The number of benzene rings is 1. The van der Waals surface area contributed by atoms with Crippen LogP contribution in [0.1, 0.15) is 25.7 Å². The Morgan fingerprint density at radius 3 is 2.76 bits per heavy atom. The van der Waals surface area contributed by atoms with Gasteiger partial charge in [0.2, 0.25) is 5.91 Å². The molecule has 1 heterocycles. The van der Waals surface area contributed by atoms with Crippen LogP contribution in [0, 0.1) is 15.9 Å². The van der Waals surface area contributed by atoms with Crippen LogP contribution in [0.5, 0.6) is 0 Å². The lowest BCUT2D eigenvalue weighted by Gasteiger charge is -2.26. The highest BCUT2D eigenvalue weighted by atomic mass is 19.1. The molecule has 2 fully saturated rings. The molecule has 1 amide bonds. The van der Waals surface area contributed by atoms with E-state index in [1.165, 1.54) is 12.1 Å². The molecule has 21 heavy (non-hydrogen) atoms. The van der Waals surface area contributed by atoms with Gasteiger partial charge in [0.05, 0.1) is 16.7 Å². The van der Waals surface area contributed by atoms with Crippen molar-refractivity contribution in [1.29, 1.82) is 0 Å². The third kappa shape index (κ3) is 2.81. The Morgan fingerprint density at radius 2 is 2.14 bits per heavy atom. The van der Waals surface area contributed by atoms with Gasteiger partial charge in [0, 0.05) is 18.7 Å². The van der Waals surface area contributed by atoms with E-state index in [2.05, 4.69) is 5.32 Å². The summed E-state index contributed by atoms with van der Waals surface area (Å²) in [7, 11) is 0. The Kier molecular flexibility index (Phi) is 3.48. The van der Waals surface area contributed by atoms with Crippen molar-refractivity contribution in [3.8, 4) is 0 Å². The molecule has 1 aliphatic carbocycles. The van der Waals surface area contributed by atoms with Crippen molar-refractivity contribution in [1.82, 2.24) is 5.32 Å². The highest BCUT2D eigenvalue weighted by Crippen LogP contribution is 2.31. The van der Waals surface area contributed by atoms with Gasteiger partial charge in [-0.05, 0) is 31.7 Å². The van der Waals surface area contributed by atoms with E-state index in [1.54, 1.807) is 4.90 Å². The monoisotopic (exact) mass is 293 g/mol. The van der Waals surface area contributed by atoms with E-state index in [9.17, 15) is 19.3 Å². The standard InChI is InChI=1S/C14H16FN3O3/c15-11-8-10(18(20)21)5-6-12(11)17-7-1-2-13(17)14(19)16-9-3-4-9/h5-6,8-9,13H,1-4,7H2,(H,16,19). The number of nitro benzene ring substituents is 1. The molecule has 1 unspecified atom stereocenters. The van der Waals surface area contributed by atoms with Crippen molar-refractivity contribution >= 4 is 17.3 Å². The molecule has 112 valence electrons. The van der Waals surface area contributed by atoms with E-state index < -0.39 is 10.7 Å². The van der Waals surface area contributed by atoms with Crippen LogP contribution in [0.3, 0.4) is 0 Å². The predicted octanol–water partition coefficient (Wildman–Crippen LogP) is 1.98. The molecule has 1 N–H and O–H groups in total. The minimum absolute atomic E-state index is 0.0762. The molecular weight excluding hydrogens is 277 g/mol. The van der Waals surface area contributed by atoms with Crippen molar-refractivity contribution in [2.45, 2.75) is 37.8 Å². The van der Waals surface area contributed by atoms with E-state index >= 15 is 0 Å². The van der Waals surface area contributed by atoms with E-state index in [1.807, 2.05) is 0 Å². The molecule has 1 atom stereocenters. The molecule has 6 nitrogen and oxygen atoms in total. The maximum atomic E-state index is 14.1. The number of nitro groups is 1. The number of non-ortho nitro benzene ring substituents is 1. The fraction of sp³-hybridized carbons (Fsp3) is 0.500. The Bertz CT molecular complexity index is 589. The topological polar surface area (TPSA) is 75.5 Å². The van der Waals surface area contributed by atoms with Crippen LogP contribution in [0.15, 0.2) is 18.2 Å². The largest absolute Gasteiger partial charge is 0.357 e. The number of nitrogens with one attached hydrogen (secondary N) is 1. The highest BCUT2D eigenvalue weighted by Gasteiger charge is 2.35. The minimum atomic E-state index is -0.657. The molecule has 1 saturated carbocycles. The number of hydrogen-bond acceptors (Lipinski definition) is 4. The number of carbonyl (C=O) groups excluding carboxylic acids is 1. The molecule has 2 aliphatic rings. The van der Waals surface area contributed by atoms with E-state index in [-0.39, 0.29) is 29.4 Å². The fourth-order valence-electron chi connectivity index (χ4n) is 2.69. The number of rotatable bonds is 4. The highest BCUT2D eigenvalue weighted by molar-refractivity contribution is 5.86. The van der Waals surface area contributed by atoms with Gasteiger partial charge in [-0.1, -0.05) is 0 Å². The molecule has 3 rings (SSSR count). The Morgan fingerprint density at radius 1 is 1.38 bits per heavy atom. The Hall–Kier alpha value is -2.18. The number of anilines is 1. The van der Waals surface area contributed by atoms with Crippen LogP contribution >= 0.6 is 0 Å². The number of hydrogen-bond donors (Lipinski definition) is 1. The molecular formula is C14H16FN3O3. The lowest BCUT2D eigenvalue weighted by Crippen LogP contribution is -2.44. The quantitative estimate of drug-likeness (QED) is 0.680. The SMILES string of the molecule is O=C(NC1CC1)C1CCCN1c1ccc([N+](=O)[O-])cc1F. The van der Waals surface area contributed by atoms with Crippen molar-refractivity contribution in [3.05, 3.63) is 34.1 Å². The maximum absolute atomic E-state index is 14.1. The summed E-state index contributed by atoms with van der Waals surface area (Å²) in [6.45, 7) is 0.581. The lowest BCUT2D eigenvalue weighted by molar-refractivity contribution is -0.385. The predicted molar refractivity (Wildman–Crippen MR) is 74.6 cm³/mol. The number of halogens is 1. The summed E-state index contributed by atoms with van der Waals surface area (Å²) in [4.78, 5) is 23.9. The second-order valence-electron chi connectivity index (χ2n) is 5.53. The maximum Gasteiger partial charge on any atom is 0.272 e. The van der Waals surface area contributed by atoms with E-state index in [0.717, 1.165) is 25.3 Å². The van der Waals surface area contributed by atoms with Gasteiger partial charge in [-0.3, -0.25) is 14.9 Å². The van der Waals surface area contributed by atoms with Gasteiger partial charge < -0.3 is 10.2 Å². The van der Waals surface area contributed by atoms with Gasteiger partial charge >= 0.3 is 0 Å². The molecule has 0 radical (unpaired) electrons. The van der Waals surface area contributed by atoms with Crippen LogP contribution in [-0.2, 0) is 4.79 Å². The normalized spacial score (nSPS) is 21.4. The summed E-state index contributed by atoms with van der Waals surface area (Å²) < 4.78 is 14.1.